The van der Waals surface area contributed by atoms with E-state index in [9.17, 15) is 14.4 Å². The van der Waals surface area contributed by atoms with Crippen molar-refractivity contribution < 1.29 is 14.4 Å². The Morgan fingerprint density at radius 1 is 0.914 bits per heavy atom. The van der Waals surface area contributed by atoms with Gasteiger partial charge in [-0.2, -0.15) is 0 Å². The molecule has 4 N–H and O–H groups in total. The summed E-state index contributed by atoms with van der Waals surface area (Å²) in [6.45, 7) is 10.6. The van der Waals surface area contributed by atoms with Crippen molar-refractivity contribution in [2.24, 2.45) is 5.73 Å². The van der Waals surface area contributed by atoms with E-state index in [4.69, 9.17) is 5.73 Å². The molecule has 0 aromatic heterocycles. The van der Waals surface area contributed by atoms with Crippen molar-refractivity contribution in [2.75, 3.05) is 13.1 Å². The quantitative estimate of drug-likeness (QED) is 0.216. The molecule has 0 radical (unpaired) electrons. The molecule has 0 saturated heterocycles. The highest BCUT2D eigenvalue weighted by Crippen LogP contribution is 2.15. The van der Waals surface area contributed by atoms with Crippen molar-refractivity contribution >= 4 is 29.7 Å². The van der Waals surface area contributed by atoms with Gasteiger partial charge in [0.15, 0.2) is 0 Å². The van der Waals surface area contributed by atoms with Crippen molar-refractivity contribution in [2.45, 2.75) is 65.8 Å². The molecule has 6 heteroatoms. The van der Waals surface area contributed by atoms with E-state index in [1.807, 2.05) is 62.4 Å². The highest BCUT2D eigenvalue weighted by Gasteiger charge is 2.25. The number of benzene rings is 2. The third-order valence-electron chi connectivity index (χ3n) is 5.41. The van der Waals surface area contributed by atoms with Crippen LogP contribution in [0.4, 0.5) is 0 Å². The average Bonchev–Trinajstić information content (AvgIpc) is 2.86. The molecule has 6 nitrogen and oxygen atoms in total. The molecule has 1 unspecified atom stereocenters. The maximum absolute atomic E-state index is 12.8. The Morgan fingerprint density at radius 3 is 2.17 bits per heavy atom. The van der Waals surface area contributed by atoms with E-state index in [0.717, 1.165) is 24.1 Å². The summed E-state index contributed by atoms with van der Waals surface area (Å²) in [7, 11) is 0. The van der Waals surface area contributed by atoms with Gasteiger partial charge in [0.05, 0.1) is 6.04 Å². The highest BCUT2D eigenvalue weighted by atomic mass is 16.2. The lowest BCUT2D eigenvalue weighted by Gasteiger charge is -2.16. The number of ketones is 1. The van der Waals surface area contributed by atoms with Crippen LogP contribution in [0.25, 0.3) is 12.2 Å². The molecule has 0 spiro atoms. The minimum Gasteiger partial charge on any atom is -0.363 e. The predicted octanol–water partition coefficient (Wildman–Crippen LogP) is 4.90. The first-order valence-corrected chi connectivity index (χ1v) is 12.5. The Kier molecular flexibility index (Phi) is 14.7. The molecule has 2 rings (SSSR count). The van der Waals surface area contributed by atoms with Crippen LogP contribution in [0.3, 0.4) is 0 Å². The highest BCUT2D eigenvalue weighted by molar-refractivity contribution is 6.38. The van der Waals surface area contributed by atoms with Gasteiger partial charge < -0.3 is 16.4 Å². The van der Waals surface area contributed by atoms with Crippen LogP contribution in [0.2, 0.25) is 0 Å². The molecule has 0 bridgehead atoms. The van der Waals surface area contributed by atoms with Crippen LogP contribution in [-0.4, -0.2) is 36.7 Å². The van der Waals surface area contributed by atoms with E-state index in [1.54, 1.807) is 12.1 Å². The SMILES string of the molecule is CCCCC(NC(=O)c1ccccc1C=Cc1ccc(C)cc1)C(=O)C(N)=O.CCCCNCC. The Hall–Kier alpha value is -3.25. The maximum atomic E-state index is 12.8. The number of nitrogens with one attached hydrogen (secondary N) is 2. The number of nitrogens with two attached hydrogens (primary N) is 1. The summed E-state index contributed by atoms with van der Waals surface area (Å²) in [6, 6.07) is 14.3. The van der Waals surface area contributed by atoms with Gasteiger partial charge in [0.25, 0.3) is 11.8 Å². The summed E-state index contributed by atoms with van der Waals surface area (Å²) in [4.78, 5) is 36.1. The van der Waals surface area contributed by atoms with E-state index in [-0.39, 0.29) is 0 Å². The third kappa shape index (κ3) is 11.6. The number of rotatable bonds is 13. The molecule has 0 heterocycles. The fourth-order valence-corrected chi connectivity index (χ4v) is 3.28. The summed E-state index contributed by atoms with van der Waals surface area (Å²) in [5.74, 6) is -2.21. The molecule has 1 atom stereocenters. The molecule has 0 fully saturated rings. The summed E-state index contributed by atoms with van der Waals surface area (Å²) < 4.78 is 0. The smallest absolute Gasteiger partial charge is 0.287 e. The second kappa shape index (κ2) is 17.2. The summed E-state index contributed by atoms with van der Waals surface area (Å²) in [5, 5.41) is 5.92. The van der Waals surface area contributed by atoms with Crippen LogP contribution in [0.5, 0.6) is 0 Å². The van der Waals surface area contributed by atoms with E-state index in [0.29, 0.717) is 18.4 Å². The number of carbonyl (C=O) groups is 3. The predicted molar refractivity (Wildman–Crippen MR) is 145 cm³/mol. The molecular weight excluding hydrogens is 438 g/mol. The van der Waals surface area contributed by atoms with E-state index in [1.165, 1.54) is 24.9 Å². The number of hydrogen-bond acceptors (Lipinski definition) is 4. The second-order valence-electron chi connectivity index (χ2n) is 8.44. The number of Topliss-reactive ketones (excluding diaryl/α,β-unsaturated/α-hetero) is 1. The largest absolute Gasteiger partial charge is 0.363 e. The lowest BCUT2D eigenvalue weighted by Crippen LogP contribution is -2.46. The normalized spacial score (nSPS) is 11.4. The topological polar surface area (TPSA) is 101 Å². The molecular formula is C29H41N3O3. The monoisotopic (exact) mass is 479 g/mol. The van der Waals surface area contributed by atoms with Crippen LogP contribution in [0, 0.1) is 6.92 Å². The van der Waals surface area contributed by atoms with E-state index >= 15 is 0 Å². The molecule has 35 heavy (non-hydrogen) atoms. The zero-order valence-corrected chi connectivity index (χ0v) is 21.6. The number of hydrogen-bond donors (Lipinski definition) is 3. The van der Waals surface area contributed by atoms with Crippen LogP contribution < -0.4 is 16.4 Å². The van der Waals surface area contributed by atoms with E-state index < -0.39 is 23.6 Å². The zero-order chi connectivity index (χ0) is 26.1. The Morgan fingerprint density at radius 2 is 1.57 bits per heavy atom. The third-order valence-corrected chi connectivity index (χ3v) is 5.41. The Balaban J connectivity index is 0.000000762. The Labute approximate surface area is 210 Å². The number of primary amides is 1. The van der Waals surface area contributed by atoms with Crippen LogP contribution in [0.15, 0.2) is 48.5 Å². The van der Waals surface area contributed by atoms with Gasteiger partial charge in [-0.05, 0) is 50.0 Å². The first-order valence-electron chi connectivity index (χ1n) is 12.5. The lowest BCUT2D eigenvalue weighted by atomic mass is 10.0. The van der Waals surface area contributed by atoms with Gasteiger partial charge in [-0.15, -0.1) is 0 Å². The van der Waals surface area contributed by atoms with Crippen molar-refractivity contribution in [1.29, 1.82) is 0 Å². The summed E-state index contributed by atoms with van der Waals surface area (Å²) in [5.41, 5.74) is 8.48. The summed E-state index contributed by atoms with van der Waals surface area (Å²) in [6.07, 6.45) is 8.32. The van der Waals surface area contributed by atoms with Gasteiger partial charge in [-0.3, -0.25) is 14.4 Å². The second-order valence-corrected chi connectivity index (χ2v) is 8.44. The maximum Gasteiger partial charge on any atom is 0.287 e. The standard InChI is InChI=1S/C23H26N2O3.C6H15N/c1-3-4-9-20(21(26)22(24)27)25-23(28)19-8-6-5-7-18(19)15-14-17-12-10-16(2)11-13-17;1-3-5-6-7-4-2/h5-8,10-15,20H,3-4,9H2,1-2H3,(H2,24,27)(H,25,28);7H,3-6H2,1-2H3. The molecule has 0 aliphatic rings. The van der Waals surface area contributed by atoms with Crippen LogP contribution >= 0.6 is 0 Å². The van der Waals surface area contributed by atoms with Crippen molar-refractivity contribution in [1.82, 2.24) is 10.6 Å². The number of carbonyl (C=O) groups excluding carboxylic acids is 3. The minimum absolute atomic E-state index is 0.380. The molecule has 190 valence electrons. The number of aryl methyl sites for hydroxylation is 1. The number of unbranched alkanes of at least 4 members (excludes halogenated alkanes) is 2. The van der Waals surface area contributed by atoms with E-state index in [2.05, 4.69) is 24.5 Å². The van der Waals surface area contributed by atoms with Crippen LogP contribution in [0.1, 0.15) is 79.9 Å². The molecule has 2 amide bonds. The molecule has 0 saturated carbocycles. The molecule has 0 aliphatic heterocycles. The average molecular weight is 480 g/mol. The van der Waals surface area contributed by atoms with Gasteiger partial charge in [0.2, 0.25) is 5.78 Å². The van der Waals surface area contributed by atoms with Crippen molar-refractivity contribution in [3.8, 4) is 0 Å². The van der Waals surface area contributed by atoms with Gasteiger partial charge in [-0.1, -0.05) is 100 Å². The van der Waals surface area contributed by atoms with Gasteiger partial charge in [0, 0.05) is 5.56 Å². The molecule has 2 aromatic rings. The summed E-state index contributed by atoms with van der Waals surface area (Å²) >= 11 is 0. The van der Waals surface area contributed by atoms with Gasteiger partial charge >= 0.3 is 0 Å². The van der Waals surface area contributed by atoms with Crippen LogP contribution in [-0.2, 0) is 9.59 Å². The Bertz CT molecular complexity index is 948. The molecule has 0 aliphatic carbocycles. The first-order chi connectivity index (χ1) is 16.8. The van der Waals surface area contributed by atoms with Gasteiger partial charge in [-0.25, -0.2) is 0 Å². The van der Waals surface area contributed by atoms with Crippen molar-refractivity contribution in [3.05, 3.63) is 70.8 Å². The fraction of sp³-hybridized carbons (Fsp3) is 0.414. The fourth-order valence-electron chi connectivity index (χ4n) is 3.28. The van der Waals surface area contributed by atoms with Gasteiger partial charge in [0.1, 0.15) is 0 Å². The lowest BCUT2D eigenvalue weighted by molar-refractivity contribution is -0.137. The minimum atomic E-state index is -1.03. The van der Waals surface area contributed by atoms with Crippen molar-refractivity contribution in [3.63, 3.8) is 0 Å². The zero-order valence-electron chi connectivity index (χ0n) is 21.6. The number of amides is 2. The first kappa shape index (κ1) is 29.8. The molecule has 2 aromatic carbocycles.